The highest BCUT2D eigenvalue weighted by molar-refractivity contribution is 5.66. The Labute approximate surface area is 180 Å². The lowest BCUT2D eigenvalue weighted by Crippen LogP contribution is -2.61. The van der Waals surface area contributed by atoms with Crippen molar-refractivity contribution in [1.29, 1.82) is 0 Å². The van der Waals surface area contributed by atoms with Gasteiger partial charge in [0.1, 0.15) is 17.6 Å². The third-order valence-electron chi connectivity index (χ3n) is 6.23. The summed E-state index contributed by atoms with van der Waals surface area (Å²) in [6, 6.07) is 5.06. The number of alkyl halides is 1. The number of piperidine rings is 2. The molecule has 2 saturated heterocycles. The van der Waals surface area contributed by atoms with Crippen molar-refractivity contribution in [3.05, 3.63) is 54.4 Å². The molecule has 0 radical (unpaired) electrons. The molecule has 1 unspecified atom stereocenters. The van der Waals surface area contributed by atoms with Crippen molar-refractivity contribution in [2.75, 3.05) is 0 Å². The molecule has 2 fully saturated rings. The van der Waals surface area contributed by atoms with Crippen LogP contribution in [0.3, 0.4) is 0 Å². The Morgan fingerprint density at radius 3 is 2.90 bits per heavy atom. The summed E-state index contributed by atoms with van der Waals surface area (Å²) in [5.41, 5.74) is 2.44. The summed E-state index contributed by atoms with van der Waals surface area (Å²) in [5.74, 6) is 0.886. The van der Waals surface area contributed by atoms with E-state index in [1.54, 1.807) is 47.7 Å². The second kappa shape index (κ2) is 7.53. The number of aromatic nitrogens is 5. The number of phenolic OH excluding ortho intramolecular Hbond substituents is 1. The number of halogens is 1. The molecular weight excluding hydrogens is 395 g/mol. The molecule has 2 N–H and O–H groups in total. The molecular formula is C23H25FN6O. The fourth-order valence-electron chi connectivity index (χ4n) is 5.05. The predicted molar refractivity (Wildman–Crippen MR) is 115 cm³/mol. The molecule has 2 aliphatic heterocycles. The van der Waals surface area contributed by atoms with Gasteiger partial charge in [0, 0.05) is 30.0 Å². The maximum Gasteiger partial charge on any atom is 0.185 e. The van der Waals surface area contributed by atoms with Gasteiger partial charge in [-0.2, -0.15) is 0 Å². The zero-order valence-corrected chi connectivity index (χ0v) is 17.5. The fraction of sp³-hybridized carbons (Fsp3) is 0.391. The van der Waals surface area contributed by atoms with E-state index in [9.17, 15) is 5.11 Å². The SMILES string of the molecule is C[C@H]1CC2N[C@](C)(C/C(=C/c3cnc(-c4ccc(-n5ccnc5)cc4O)nn3)[C@H]2F)C1. The maximum absolute atomic E-state index is 15.1. The Morgan fingerprint density at radius 2 is 2.19 bits per heavy atom. The van der Waals surface area contributed by atoms with E-state index in [2.05, 4.69) is 39.3 Å². The van der Waals surface area contributed by atoms with E-state index in [4.69, 9.17) is 0 Å². The topological polar surface area (TPSA) is 88.8 Å². The second-order valence-electron chi connectivity index (χ2n) is 9.03. The van der Waals surface area contributed by atoms with Crippen LogP contribution in [0.15, 0.2) is 48.7 Å². The molecule has 160 valence electrons. The molecule has 31 heavy (non-hydrogen) atoms. The summed E-state index contributed by atoms with van der Waals surface area (Å²) in [7, 11) is 0. The molecule has 7 nitrogen and oxygen atoms in total. The number of rotatable bonds is 3. The van der Waals surface area contributed by atoms with E-state index < -0.39 is 6.17 Å². The van der Waals surface area contributed by atoms with Crippen molar-refractivity contribution in [2.45, 2.75) is 50.9 Å². The highest BCUT2D eigenvalue weighted by Crippen LogP contribution is 2.41. The van der Waals surface area contributed by atoms with E-state index in [1.807, 2.05) is 6.07 Å². The molecule has 2 bridgehead atoms. The maximum atomic E-state index is 15.1. The number of benzene rings is 1. The van der Waals surface area contributed by atoms with Crippen LogP contribution >= 0.6 is 0 Å². The minimum Gasteiger partial charge on any atom is -0.507 e. The van der Waals surface area contributed by atoms with Crippen LogP contribution in [0.4, 0.5) is 4.39 Å². The number of nitrogens with one attached hydrogen (secondary N) is 1. The van der Waals surface area contributed by atoms with Gasteiger partial charge < -0.3 is 15.0 Å². The predicted octanol–water partition coefficient (Wildman–Crippen LogP) is 3.70. The first kappa shape index (κ1) is 19.8. The normalized spacial score (nSPS) is 29.3. The van der Waals surface area contributed by atoms with Crippen LogP contribution in [0.2, 0.25) is 0 Å². The summed E-state index contributed by atoms with van der Waals surface area (Å²) in [4.78, 5) is 8.37. The largest absolute Gasteiger partial charge is 0.507 e. The molecule has 0 amide bonds. The minimum atomic E-state index is -1.03. The molecule has 4 atom stereocenters. The van der Waals surface area contributed by atoms with Gasteiger partial charge in [0.25, 0.3) is 0 Å². The Hall–Kier alpha value is -3.13. The third-order valence-corrected chi connectivity index (χ3v) is 6.23. The van der Waals surface area contributed by atoms with Crippen molar-refractivity contribution < 1.29 is 9.50 Å². The molecule has 1 aromatic carbocycles. The van der Waals surface area contributed by atoms with E-state index in [0.29, 0.717) is 29.4 Å². The summed E-state index contributed by atoms with van der Waals surface area (Å²) >= 11 is 0. The van der Waals surface area contributed by atoms with Gasteiger partial charge in [-0.1, -0.05) is 6.92 Å². The number of nitrogens with zero attached hydrogens (tertiary/aromatic N) is 5. The molecule has 3 aromatic rings. The molecule has 2 aromatic heterocycles. The van der Waals surface area contributed by atoms with Crippen LogP contribution in [0.5, 0.6) is 5.75 Å². The first-order valence-electron chi connectivity index (χ1n) is 10.5. The van der Waals surface area contributed by atoms with Crippen LogP contribution in [-0.2, 0) is 0 Å². The average Bonchev–Trinajstić information content (AvgIpc) is 3.27. The summed E-state index contributed by atoms with van der Waals surface area (Å²) in [6.45, 7) is 4.36. The van der Waals surface area contributed by atoms with Gasteiger partial charge in [-0.3, -0.25) is 0 Å². The minimum absolute atomic E-state index is 0.0520. The molecule has 0 spiro atoms. The molecule has 2 aliphatic rings. The van der Waals surface area contributed by atoms with Crippen molar-refractivity contribution in [2.24, 2.45) is 5.92 Å². The standard InChI is InChI=1S/C23H25FN6O/c1-14-7-19-21(24)15(11-23(2,10-14)27-19)8-16-12-26-22(29-28-16)18-4-3-17(9-20(18)31)30-6-5-25-13-30/h3-6,8-9,12-14,19,21,27,31H,7,10-11H2,1-2H3/b15-8-/t14-,19?,21+,23-/m0/s1. The number of hydrogen-bond acceptors (Lipinski definition) is 6. The lowest BCUT2D eigenvalue weighted by atomic mass is 9.70. The van der Waals surface area contributed by atoms with Crippen molar-refractivity contribution in [1.82, 2.24) is 30.0 Å². The van der Waals surface area contributed by atoms with Gasteiger partial charge in [-0.05, 0) is 55.9 Å². The molecule has 8 heteroatoms. The van der Waals surface area contributed by atoms with Crippen LogP contribution in [-0.4, -0.2) is 47.6 Å². The van der Waals surface area contributed by atoms with Crippen LogP contribution in [0.25, 0.3) is 23.2 Å². The van der Waals surface area contributed by atoms with E-state index >= 15 is 4.39 Å². The number of aromatic hydroxyl groups is 1. The second-order valence-corrected chi connectivity index (χ2v) is 9.03. The Morgan fingerprint density at radius 1 is 1.32 bits per heavy atom. The Balaban J connectivity index is 1.38. The quantitative estimate of drug-likeness (QED) is 0.672. The van der Waals surface area contributed by atoms with Gasteiger partial charge in [-0.15, -0.1) is 10.2 Å². The highest BCUT2D eigenvalue weighted by Gasteiger charge is 2.45. The van der Waals surface area contributed by atoms with Gasteiger partial charge in [0.05, 0.1) is 23.8 Å². The van der Waals surface area contributed by atoms with E-state index in [-0.39, 0.29) is 17.3 Å². The Kier molecular flexibility index (Phi) is 4.81. The lowest BCUT2D eigenvalue weighted by Gasteiger charge is -2.49. The van der Waals surface area contributed by atoms with Crippen LogP contribution < -0.4 is 5.32 Å². The number of imidazole rings is 1. The number of fused-ring (bicyclic) bond motifs is 2. The number of phenols is 1. The van der Waals surface area contributed by atoms with Crippen molar-refractivity contribution in [3.8, 4) is 22.8 Å². The molecule has 4 heterocycles. The van der Waals surface area contributed by atoms with E-state index in [1.165, 1.54) is 0 Å². The van der Waals surface area contributed by atoms with Gasteiger partial charge in [-0.25, -0.2) is 14.4 Å². The first-order chi connectivity index (χ1) is 14.9. The van der Waals surface area contributed by atoms with Crippen molar-refractivity contribution >= 4 is 6.08 Å². The monoisotopic (exact) mass is 420 g/mol. The van der Waals surface area contributed by atoms with Crippen LogP contribution in [0.1, 0.15) is 38.8 Å². The van der Waals surface area contributed by atoms with E-state index in [0.717, 1.165) is 24.1 Å². The fourth-order valence-corrected chi connectivity index (χ4v) is 5.05. The molecule has 5 rings (SSSR count). The van der Waals surface area contributed by atoms with Gasteiger partial charge in [0.2, 0.25) is 0 Å². The van der Waals surface area contributed by atoms with Crippen molar-refractivity contribution in [3.63, 3.8) is 0 Å². The average molecular weight is 420 g/mol. The lowest BCUT2D eigenvalue weighted by molar-refractivity contribution is 0.0936. The highest BCUT2D eigenvalue weighted by atomic mass is 19.1. The smallest absolute Gasteiger partial charge is 0.185 e. The number of hydrogen-bond donors (Lipinski definition) is 2. The summed E-state index contributed by atoms with van der Waals surface area (Å²) in [5, 5.41) is 22.3. The zero-order valence-electron chi connectivity index (χ0n) is 17.5. The molecule has 0 aliphatic carbocycles. The van der Waals surface area contributed by atoms with Gasteiger partial charge >= 0.3 is 0 Å². The zero-order chi connectivity index (χ0) is 21.6. The first-order valence-corrected chi connectivity index (χ1v) is 10.5. The summed E-state index contributed by atoms with van der Waals surface area (Å²) < 4.78 is 16.9. The summed E-state index contributed by atoms with van der Waals surface area (Å²) in [6.07, 6.45) is 9.96. The third kappa shape index (κ3) is 3.83. The van der Waals surface area contributed by atoms with Crippen LogP contribution in [0, 0.1) is 5.92 Å². The van der Waals surface area contributed by atoms with Gasteiger partial charge in [0.15, 0.2) is 5.82 Å². The molecule has 0 saturated carbocycles. The Bertz CT molecular complexity index is 1110.